The van der Waals surface area contributed by atoms with Crippen molar-refractivity contribution in [2.75, 3.05) is 26.3 Å². The number of ether oxygens (including phenoxy) is 1. The first-order valence-electron chi connectivity index (χ1n) is 13.5. The molecule has 8 rings (SSSR count). The molecule has 2 heterocycles. The van der Waals surface area contributed by atoms with E-state index < -0.39 is 11.6 Å². The number of amides is 1. The zero-order valence-corrected chi connectivity index (χ0v) is 20.3. The first-order valence-corrected chi connectivity index (χ1v) is 13.5. The minimum absolute atomic E-state index is 0.0296. The molecule has 2 bridgehead atoms. The summed E-state index contributed by atoms with van der Waals surface area (Å²) in [6, 6.07) is 0.419. The molecule has 0 unspecified atom stereocenters. The fourth-order valence-corrected chi connectivity index (χ4v) is 7.54. The molecular formula is C26H35F3N4O2. The van der Waals surface area contributed by atoms with Crippen molar-refractivity contribution >= 4 is 5.91 Å². The van der Waals surface area contributed by atoms with Crippen LogP contribution in [0, 0.1) is 21.7 Å². The van der Waals surface area contributed by atoms with Gasteiger partial charge in [0.25, 0.3) is 0 Å². The van der Waals surface area contributed by atoms with Gasteiger partial charge in [-0.15, -0.1) is 0 Å². The van der Waals surface area contributed by atoms with E-state index in [-0.39, 0.29) is 35.7 Å². The number of hydrogen-bond acceptors (Lipinski definition) is 4. The Morgan fingerprint density at radius 3 is 2.23 bits per heavy atom. The van der Waals surface area contributed by atoms with Gasteiger partial charge < -0.3 is 9.64 Å². The number of likely N-dealkylation sites (tertiary alicyclic amines) is 1. The number of fused-ring (bicyclic) bond motifs is 3. The molecular weight excluding hydrogens is 457 g/mol. The zero-order chi connectivity index (χ0) is 24.1. The van der Waals surface area contributed by atoms with E-state index in [1.807, 2.05) is 11.0 Å². The third kappa shape index (κ3) is 3.57. The highest BCUT2D eigenvalue weighted by Gasteiger charge is 2.64. The van der Waals surface area contributed by atoms with Crippen LogP contribution in [-0.2, 0) is 9.53 Å². The topological polar surface area (TPSA) is 60.2 Å². The van der Waals surface area contributed by atoms with Gasteiger partial charge in [0.15, 0.2) is 5.82 Å². The lowest BCUT2D eigenvalue weighted by Crippen LogP contribution is -2.67. The molecule has 0 aromatic carbocycles. The van der Waals surface area contributed by atoms with Crippen molar-refractivity contribution in [3.8, 4) is 0 Å². The largest absolute Gasteiger partial charge is 0.396 e. The highest BCUT2D eigenvalue weighted by Crippen LogP contribution is 2.61. The minimum Gasteiger partial charge on any atom is -0.380 e. The number of hydrogen-bond donors (Lipinski definition) is 0. The summed E-state index contributed by atoms with van der Waals surface area (Å²) in [6.07, 6.45) is 7.96. The second kappa shape index (κ2) is 7.23. The van der Waals surface area contributed by atoms with Crippen LogP contribution in [-0.4, -0.2) is 58.1 Å². The summed E-state index contributed by atoms with van der Waals surface area (Å²) < 4.78 is 47.3. The fraction of sp³-hybridized carbons (Fsp3) is 0.885. The van der Waals surface area contributed by atoms with Crippen LogP contribution in [0.4, 0.5) is 13.2 Å². The van der Waals surface area contributed by atoms with Gasteiger partial charge in [-0.25, -0.2) is 9.67 Å². The Balaban J connectivity index is 0.890. The quantitative estimate of drug-likeness (QED) is 0.536. The molecule has 1 aliphatic heterocycles. The van der Waals surface area contributed by atoms with E-state index in [0.29, 0.717) is 24.5 Å². The molecule has 6 nitrogen and oxygen atoms in total. The fourth-order valence-electron chi connectivity index (χ4n) is 7.54. The van der Waals surface area contributed by atoms with Gasteiger partial charge in [0.1, 0.15) is 6.33 Å². The maximum atomic E-state index is 13.5. The van der Waals surface area contributed by atoms with E-state index in [4.69, 9.17) is 9.84 Å². The smallest absolute Gasteiger partial charge is 0.380 e. The van der Waals surface area contributed by atoms with Crippen molar-refractivity contribution < 1.29 is 22.7 Å². The van der Waals surface area contributed by atoms with Gasteiger partial charge in [0.05, 0.1) is 24.7 Å². The van der Waals surface area contributed by atoms with Gasteiger partial charge in [0, 0.05) is 29.8 Å². The molecule has 0 N–H and O–H groups in total. The molecule has 0 atom stereocenters. The Morgan fingerprint density at radius 1 is 1.00 bits per heavy atom. The predicted octanol–water partition coefficient (Wildman–Crippen LogP) is 5.02. The Bertz CT molecular complexity index is 990. The number of halogens is 3. The van der Waals surface area contributed by atoms with Gasteiger partial charge in [0.2, 0.25) is 5.91 Å². The summed E-state index contributed by atoms with van der Waals surface area (Å²) in [6.45, 7) is 1.94. The number of aromatic nitrogens is 3. The number of carbonyl (C=O) groups is 1. The van der Waals surface area contributed by atoms with E-state index in [1.165, 1.54) is 12.8 Å². The maximum Gasteiger partial charge on any atom is 0.396 e. The van der Waals surface area contributed by atoms with E-state index in [2.05, 4.69) is 9.88 Å². The summed E-state index contributed by atoms with van der Waals surface area (Å²) in [5, 5.41) is 4.69. The van der Waals surface area contributed by atoms with Crippen molar-refractivity contribution in [1.82, 2.24) is 19.7 Å². The molecule has 6 saturated carbocycles. The molecule has 0 radical (unpaired) electrons. The highest BCUT2D eigenvalue weighted by atomic mass is 19.4. The molecule has 1 amide bonds. The van der Waals surface area contributed by atoms with E-state index >= 15 is 0 Å². The summed E-state index contributed by atoms with van der Waals surface area (Å²) in [5.74, 6) is 1.90. The van der Waals surface area contributed by atoms with Gasteiger partial charge >= 0.3 is 6.18 Å². The average molecular weight is 493 g/mol. The lowest BCUT2D eigenvalue weighted by atomic mass is 9.52. The number of rotatable bonds is 7. The molecule has 7 aliphatic rings. The normalized spacial score (nSPS) is 35.1. The summed E-state index contributed by atoms with van der Waals surface area (Å²) in [4.78, 5) is 20.1. The van der Waals surface area contributed by atoms with Crippen molar-refractivity contribution in [3.63, 3.8) is 0 Å². The SMILES string of the molecule is O=C(N1CC2(CC(n3cnc(C4CC4)n3)C2)C1)C12CCC(COCC3(C(F)(F)F)CC3)(CC1)CC2. The van der Waals surface area contributed by atoms with Crippen LogP contribution in [0.3, 0.4) is 0 Å². The Labute approximate surface area is 204 Å². The average Bonchev–Trinajstić information content (AvgIpc) is 3.72. The van der Waals surface area contributed by atoms with E-state index in [9.17, 15) is 18.0 Å². The third-order valence-electron chi connectivity index (χ3n) is 10.6. The van der Waals surface area contributed by atoms with Crippen LogP contribution in [0.5, 0.6) is 0 Å². The second-order valence-corrected chi connectivity index (χ2v) is 13.1. The molecule has 7 fully saturated rings. The maximum absolute atomic E-state index is 13.5. The number of alkyl halides is 3. The molecule has 192 valence electrons. The van der Waals surface area contributed by atoms with E-state index in [0.717, 1.165) is 70.3 Å². The first-order chi connectivity index (χ1) is 16.6. The van der Waals surface area contributed by atoms with Crippen LogP contribution in [0.1, 0.15) is 94.8 Å². The second-order valence-electron chi connectivity index (χ2n) is 13.1. The summed E-state index contributed by atoms with van der Waals surface area (Å²) in [7, 11) is 0. The van der Waals surface area contributed by atoms with E-state index in [1.54, 1.807) is 0 Å². The van der Waals surface area contributed by atoms with Crippen molar-refractivity contribution in [2.24, 2.45) is 21.7 Å². The Kier molecular flexibility index (Phi) is 4.66. The van der Waals surface area contributed by atoms with Gasteiger partial charge in [-0.2, -0.15) is 18.3 Å². The Hall–Kier alpha value is -1.64. The van der Waals surface area contributed by atoms with Gasteiger partial charge in [-0.1, -0.05) is 0 Å². The molecule has 6 aliphatic carbocycles. The molecule has 1 spiro atoms. The van der Waals surface area contributed by atoms with Crippen molar-refractivity contribution in [1.29, 1.82) is 0 Å². The Morgan fingerprint density at radius 2 is 1.66 bits per heavy atom. The van der Waals surface area contributed by atoms with Crippen LogP contribution < -0.4 is 0 Å². The van der Waals surface area contributed by atoms with Crippen LogP contribution in [0.2, 0.25) is 0 Å². The van der Waals surface area contributed by atoms with Crippen molar-refractivity contribution in [2.45, 2.75) is 95.2 Å². The molecule has 35 heavy (non-hydrogen) atoms. The lowest BCUT2D eigenvalue weighted by molar-refractivity contribution is -0.207. The lowest BCUT2D eigenvalue weighted by Gasteiger charge is -2.61. The zero-order valence-electron chi connectivity index (χ0n) is 20.3. The van der Waals surface area contributed by atoms with Crippen LogP contribution in [0.25, 0.3) is 0 Å². The first kappa shape index (κ1) is 22.5. The molecule has 9 heteroatoms. The van der Waals surface area contributed by atoms with Crippen LogP contribution in [0.15, 0.2) is 6.33 Å². The number of carbonyl (C=O) groups excluding carboxylic acids is 1. The number of nitrogens with zero attached hydrogens (tertiary/aromatic N) is 4. The predicted molar refractivity (Wildman–Crippen MR) is 120 cm³/mol. The minimum atomic E-state index is -4.16. The molecule has 1 aromatic rings. The monoisotopic (exact) mass is 492 g/mol. The van der Waals surface area contributed by atoms with Gasteiger partial charge in [-0.05, 0) is 82.5 Å². The van der Waals surface area contributed by atoms with Gasteiger partial charge in [-0.3, -0.25) is 4.79 Å². The highest BCUT2D eigenvalue weighted by molar-refractivity contribution is 5.84. The standard InChI is InChI=1S/C26H35F3N4O2/c27-26(28,29)25(9-10-25)16-35-15-22-3-6-24(7-4-22,8-5-22)21(34)32-13-23(14-32)11-19(12-23)33-17-30-20(31-33)18-1-2-18/h17-19H,1-16H2. The van der Waals surface area contributed by atoms with Crippen LogP contribution >= 0.6 is 0 Å². The summed E-state index contributed by atoms with van der Waals surface area (Å²) in [5.41, 5.74) is -1.60. The third-order valence-corrected chi connectivity index (χ3v) is 10.6. The van der Waals surface area contributed by atoms with Crippen molar-refractivity contribution in [3.05, 3.63) is 12.2 Å². The molecule has 1 saturated heterocycles. The summed E-state index contributed by atoms with van der Waals surface area (Å²) >= 11 is 0. The molecule has 1 aromatic heterocycles.